The molecule has 0 heterocycles. The summed E-state index contributed by atoms with van der Waals surface area (Å²) in [4.78, 5) is 34.5. The van der Waals surface area contributed by atoms with Crippen LogP contribution in [0.1, 0.15) is 31.1 Å². The van der Waals surface area contributed by atoms with Gasteiger partial charge in [-0.2, -0.15) is 0 Å². The molecule has 3 aromatic rings. The minimum absolute atomic E-state index is 0.0596. The van der Waals surface area contributed by atoms with Crippen LogP contribution in [-0.2, 0) is 0 Å². The van der Waals surface area contributed by atoms with Crippen LogP contribution in [0, 0.1) is 0 Å². The van der Waals surface area contributed by atoms with E-state index in [1.54, 1.807) is 18.2 Å². The van der Waals surface area contributed by atoms with Crippen molar-refractivity contribution in [3.05, 3.63) is 89.5 Å². The molecular weight excluding hydrogens is 471 g/mol. The summed E-state index contributed by atoms with van der Waals surface area (Å²) < 4.78 is 17.2. The van der Waals surface area contributed by atoms with Crippen LogP contribution >= 0.6 is 0 Å². The van der Waals surface area contributed by atoms with Crippen LogP contribution in [0.4, 0.5) is 0 Å². The van der Waals surface area contributed by atoms with E-state index in [1.165, 1.54) is 54.6 Å². The van der Waals surface area contributed by atoms with Gasteiger partial charge in [-0.3, -0.25) is 0 Å². The van der Waals surface area contributed by atoms with Gasteiger partial charge in [0.15, 0.2) is 0 Å². The Bertz CT molecular complexity index is 988. The third-order valence-electron chi connectivity index (χ3n) is 3.87. The molecule has 0 unspecified atom stereocenters. The van der Waals surface area contributed by atoms with E-state index in [0.29, 0.717) is 0 Å². The standard InChI is InChI=1S/C21H15AsO9/c23-19(24)13-7-1-4-10-16(13)29-22(30-17-11-5-2-8-14(17)20(25)26)31-18-12-6-3-9-15(18)21(27)28/h1-12H,(H,23,24)(H,25,26)(H,27,28). The SMILES string of the molecule is O=C(O)c1ccccc1O[As](Oc1ccccc1C(=O)O)Oc1ccccc1C(=O)O. The quantitative estimate of drug-likeness (QED) is 0.389. The molecule has 9 nitrogen and oxygen atoms in total. The molecular formula is C21H15AsO9. The molecule has 0 fully saturated rings. The Kier molecular flexibility index (Phi) is 6.79. The molecule has 0 radical (unpaired) electrons. The number of carboxylic acid groups (broad SMARTS) is 3. The van der Waals surface area contributed by atoms with E-state index < -0.39 is 33.6 Å². The molecule has 10 heteroatoms. The molecule has 0 atom stereocenters. The first-order chi connectivity index (χ1) is 14.9. The summed E-state index contributed by atoms with van der Waals surface area (Å²) in [5, 5.41) is 28.2. The van der Waals surface area contributed by atoms with Crippen molar-refractivity contribution in [3.8, 4) is 17.2 Å². The fourth-order valence-electron chi connectivity index (χ4n) is 2.47. The monoisotopic (exact) mass is 486 g/mol. The van der Waals surface area contributed by atoms with E-state index in [0.717, 1.165) is 0 Å². The van der Waals surface area contributed by atoms with Crippen LogP contribution in [0.15, 0.2) is 72.8 Å². The predicted octanol–water partition coefficient (Wildman–Crippen LogP) is 3.30. The second-order valence-electron chi connectivity index (χ2n) is 5.90. The number of hydrogen-bond acceptors (Lipinski definition) is 6. The molecule has 158 valence electrons. The number of para-hydroxylation sites is 3. The van der Waals surface area contributed by atoms with Crippen molar-refractivity contribution >= 4 is 33.6 Å². The zero-order chi connectivity index (χ0) is 22.4. The second kappa shape index (κ2) is 9.69. The van der Waals surface area contributed by atoms with E-state index in [9.17, 15) is 29.7 Å². The van der Waals surface area contributed by atoms with Gasteiger partial charge in [0.2, 0.25) is 0 Å². The van der Waals surface area contributed by atoms with Gasteiger partial charge < -0.3 is 0 Å². The molecule has 0 amide bonds. The van der Waals surface area contributed by atoms with E-state index in [1.807, 2.05) is 0 Å². The third kappa shape index (κ3) is 5.34. The van der Waals surface area contributed by atoms with Crippen LogP contribution in [0.2, 0.25) is 0 Å². The van der Waals surface area contributed by atoms with Crippen molar-refractivity contribution in [3.63, 3.8) is 0 Å². The topological polar surface area (TPSA) is 140 Å². The molecule has 0 aliphatic carbocycles. The Hall–Kier alpha value is -3.97. The number of benzene rings is 3. The van der Waals surface area contributed by atoms with Crippen molar-refractivity contribution in [2.45, 2.75) is 0 Å². The molecule has 31 heavy (non-hydrogen) atoms. The van der Waals surface area contributed by atoms with Gasteiger partial charge in [-0.1, -0.05) is 0 Å². The Morgan fingerprint density at radius 1 is 0.516 bits per heavy atom. The summed E-state index contributed by atoms with van der Waals surface area (Å²) in [6.07, 6.45) is 0. The molecule has 0 saturated heterocycles. The van der Waals surface area contributed by atoms with Crippen molar-refractivity contribution < 1.29 is 40.9 Å². The third-order valence-corrected chi connectivity index (χ3v) is 6.05. The van der Waals surface area contributed by atoms with Crippen molar-refractivity contribution in [1.82, 2.24) is 0 Å². The Morgan fingerprint density at radius 3 is 1.03 bits per heavy atom. The maximum atomic E-state index is 11.5. The van der Waals surface area contributed by atoms with Gasteiger partial charge >= 0.3 is 181 Å². The summed E-state index contributed by atoms with van der Waals surface area (Å²) in [7, 11) is 0. The van der Waals surface area contributed by atoms with Gasteiger partial charge in [-0.05, 0) is 0 Å². The number of rotatable bonds is 9. The summed E-state index contributed by atoms with van der Waals surface area (Å²) in [6, 6.07) is 17.3. The molecule has 0 bridgehead atoms. The number of hydrogen-bond donors (Lipinski definition) is 3. The average molecular weight is 486 g/mol. The molecule has 0 aliphatic rings. The first kappa shape index (κ1) is 21.7. The number of aromatic carboxylic acids is 3. The summed E-state index contributed by atoms with van der Waals surface area (Å²) >= 11 is -3.50. The van der Waals surface area contributed by atoms with E-state index >= 15 is 0 Å². The second-order valence-corrected chi connectivity index (χ2v) is 7.99. The molecule has 3 N–H and O–H groups in total. The summed E-state index contributed by atoms with van der Waals surface area (Å²) in [6.45, 7) is 0. The molecule has 0 aromatic heterocycles. The zero-order valence-electron chi connectivity index (χ0n) is 15.7. The van der Waals surface area contributed by atoms with Crippen LogP contribution in [0.3, 0.4) is 0 Å². The maximum absolute atomic E-state index is 11.5. The first-order valence-corrected chi connectivity index (χ1v) is 11.0. The van der Waals surface area contributed by atoms with Gasteiger partial charge in [0, 0.05) is 0 Å². The Morgan fingerprint density at radius 2 is 0.774 bits per heavy atom. The minimum atomic E-state index is -3.50. The summed E-state index contributed by atoms with van der Waals surface area (Å²) in [5.74, 6) is -3.92. The number of carboxylic acids is 3. The molecule has 0 spiro atoms. The van der Waals surface area contributed by atoms with Crippen LogP contribution in [0.5, 0.6) is 17.2 Å². The normalized spacial score (nSPS) is 10.4. The van der Waals surface area contributed by atoms with E-state index in [4.69, 9.17) is 11.2 Å². The molecule has 0 saturated carbocycles. The van der Waals surface area contributed by atoms with Gasteiger partial charge in [0.25, 0.3) is 0 Å². The van der Waals surface area contributed by atoms with Crippen molar-refractivity contribution in [2.24, 2.45) is 0 Å². The summed E-state index contributed by atoms with van der Waals surface area (Å²) in [5.41, 5.74) is -0.480. The molecule has 3 aromatic carbocycles. The van der Waals surface area contributed by atoms with Gasteiger partial charge in [0.05, 0.1) is 0 Å². The average Bonchev–Trinajstić information content (AvgIpc) is 2.74. The Labute approximate surface area is 181 Å². The predicted molar refractivity (Wildman–Crippen MR) is 108 cm³/mol. The van der Waals surface area contributed by atoms with Crippen LogP contribution in [0.25, 0.3) is 0 Å². The fourth-order valence-corrected chi connectivity index (χ4v) is 4.71. The van der Waals surface area contributed by atoms with Gasteiger partial charge in [-0.25, -0.2) is 0 Å². The Balaban J connectivity index is 2.00. The van der Waals surface area contributed by atoms with E-state index in [2.05, 4.69) is 0 Å². The van der Waals surface area contributed by atoms with Crippen LogP contribution in [-0.4, -0.2) is 48.9 Å². The molecule has 0 aliphatic heterocycles. The first-order valence-electron chi connectivity index (χ1n) is 8.68. The van der Waals surface area contributed by atoms with Crippen LogP contribution < -0.4 is 11.2 Å². The van der Waals surface area contributed by atoms with Gasteiger partial charge in [0.1, 0.15) is 0 Å². The van der Waals surface area contributed by atoms with Crippen molar-refractivity contribution in [1.29, 1.82) is 0 Å². The van der Waals surface area contributed by atoms with Gasteiger partial charge in [-0.15, -0.1) is 0 Å². The van der Waals surface area contributed by atoms with Crippen molar-refractivity contribution in [2.75, 3.05) is 0 Å². The number of carbonyl (C=O) groups is 3. The molecule has 3 rings (SSSR count). The zero-order valence-corrected chi connectivity index (χ0v) is 17.5. The fraction of sp³-hybridized carbons (Fsp3) is 0. The van der Waals surface area contributed by atoms with E-state index in [-0.39, 0.29) is 33.9 Å².